The molecule has 0 aliphatic rings. The number of unbranched alkanes of at least 4 members (excludes halogenated alkanes) is 4. The fraction of sp³-hybridized carbons (Fsp3) is 0.600. The molecule has 0 fully saturated rings. The summed E-state index contributed by atoms with van der Waals surface area (Å²) in [5.41, 5.74) is 3.26. The first-order valence-electron chi connectivity index (χ1n) is 12.3. The molecule has 0 bridgehead atoms. The fourth-order valence-corrected chi connectivity index (χ4v) is 3.44. The number of amides is 1. The maximum Gasteiger partial charge on any atom is 0.472 e. The molecule has 0 rings (SSSR count). The summed E-state index contributed by atoms with van der Waals surface area (Å²) >= 11 is 0. The fourth-order valence-electron chi connectivity index (χ4n) is 2.67. The highest BCUT2D eigenvalue weighted by atomic mass is 31.2. The molecule has 0 spiro atoms. The summed E-state index contributed by atoms with van der Waals surface area (Å²) in [5, 5.41) is 11.2. The molecule has 0 saturated carbocycles. The zero-order valence-electron chi connectivity index (χ0n) is 21.0. The lowest BCUT2D eigenvalue weighted by atomic mass is 10.2. The molecular weight excluding hydrogens is 471 g/mol. The number of allylic oxidation sites excluding steroid dienone is 8. The maximum absolute atomic E-state index is 11.8. The highest BCUT2D eigenvalue weighted by molar-refractivity contribution is 7.47. The number of quaternary nitrogens is 1. The number of phosphoric acid groups is 1. The lowest BCUT2D eigenvalue weighted by Gasteiger charge is -2.13. The summed E-state index contributed by atoms with van der Waals surface area (Å²) in [6.45, 7) is 1.48. The third-order valence-corrected chi connectivity index (χ3v) is 5.68. The average Bonchev–Trinajstić information content (AvgIpc) is 2.82. The predicted molar refractivity (Wildman–Crippen MR) is 137 cm³/mol. The Kier molecular flexibility index (Phi) is 21.1. The van der Waals surface area contributed by atoms with Gasteiger partial charge in [-0.3, -0.25) is 13.8 Å². The highest BCUT2D eigenvalue weighted by Gasteiger charge is 2.26. The SMILES string of the molecule is CCCCC/C=C\C/C=C\C/C=C\C/C=C\CCCC(=O)NCCOP(=O)(O)OCC([NH3+])C(=O)O. The predicted octanol–water partition coefficient (Wildman–Crippen LogP) is 4.08. The average molecular weight is 516 g/mol. The summed E-state index contributed by atoms with van der Waals surface area (Å²) in [5.74, 6) is -1.43. The van der Waals surface area contributed by atoms with Crippen LogP contribution in [0.5, 0.6) is 0 Å². The number of hydrogen-bond acceptors (Lipinski definition) is 5. The van der Waals surface area contributed by atoms with Gasteiger partial charge in [-0.05, 0) is 44.9 Å². The van der Waals surface area contributed by atoms with E-state index in [1.54, 1.807) is 0 Å². The molecule has 2 unspecified atom stereocenters. The van der Waals surface area contributed by atoms with Crippen LogP contribution in [0.2, 0.25) is 0 Å². The normalized spacial score (nSPS) is 14.8. The number of rotatable bonds is 22. The Balaban J connectivity index is 3.68. The van der Waals surface area contributed by atoms with E-state index in [0.29, 0.717) is 12.8 Å². The first-order valence-corrected chi connectivity index (χ1v) is 13.8. The zero-order valence-corrected chi connectivity index (χ0v) is 21.9. The Morgan fingerprint density at radius 3 is 2.00 bits per heavy atom. The van der Waals surface area contributed by atoms with Crippen LogP contribution in [0.1, 0.15) is 71.1 Å². The number of nitrogens with one attached hydrogen (secondary N) is 1. The Hall–Kier alpha value is -2.03. The second kappa shape index (κ2) is 22.4. The van der Waals surface area contributed by atoms with Crippen LogP contribution in [0, 0.1) is 0 Å². The highest BCUT2D eigenvalue weighted by Crippen LogP contribution is 2.42. The second-order valence-electron chi connectivity index (χ2n) is 7.96. The molecule has 9 nitrogen and oxygen atoms in total. The van der Waals surface area contributed by atoms with E-state index in [2.05, 4.69) is 69.6 Å². The lowest BCUT2D eigenvalue weighted by Crippen LogP contribution is -2.67. The molecule has 10 heteroatoms. The quantitative estimate of drug-likeness (QED) is 0.0964. The molecule has 0 aromatic heterocycles. The number of carbonyl (C=O) groups is 2. The monoisotopic (exact) mass is 515 g/mol. The van der Waals surface area contributed by atoms with E-state index in [0.717, 1.165) is 25.7 Å². The van der Waals surface area contributed by atoms with Gasteiger partial charge in [0.15, 0.2) is 0 Å². The molecule has 1 amide bonds. The molecule has 0 radical (unpaired) electrons. The first-order chi connectivity index (χ1) is 16.8. The van der Waals surface area contributed by atoms with Gasteiger partial charge in [0.1, 0.15) is 6.61 Å². The Morgan fingerprint density at radius 1 is 0.914 bits per heavy atom. The van der Waals surface area contributed by atoms with Crippen molar-refractivity contribution in [3.8, 4) is 0 Å². The van der Waals surface area contributed by atoms with Crippen molar-refractivity contribution in [1.29, 1.82) is 0 Å². The van der Waals surface area contributed by atoms with Crippen molar-refractivity contribution in [1.82, 2.24) is 5.32 Å². The van der Waals surface area contributed by atoms with Gasteiger partial charge in [0.05, 0.1) is 6.61 Å². The largest absolute Gasteiger partial charge is 0.477 e. The third kappa shape index (κ3) is 23.5. The second-order valence-corrected chi connectivity index (χ2v) is 9.42. The van der Waals surface area contributed by atoms with Crippen LogP contribution in [0.3, 0.4) is 0 Å². The molecule has 0 aromatic carbocycles. The van der Waals surface area contributed by atoms with Crippen molar-refractivity contribution in [2.24, 2.45) is 0 Å². The van der Waals surface area contributed by atoms with Crippen molar-refractivity contribution in [3.05, 3.63) is 48.6 Å². The molecule has 0 saturated heterocycles. The number of aliphatic carboxylic acids is 1. The Bertz CT molecular complexity index is 735. The summed E-state index contributed by atoms with van der Waals surface area (Å²) in [6, 6.07) is -1.18. The lowest BCUT2D eigenvalue weighted by molar-refractivity contribution is -0.411. The van der Waals surface area contributed by atoms with Gasteiger partial charge in [-0.15, -0.1) is 0 Å². The van der Waals surface area contributed by atoms with Gasteiger partial charge in [-0.1, -0.05) is 68.4 Å². The van der Waals surface area contributed by atoms with Gasteiger partial charge in [0, 0.05) is 13.0 Å². The van der Waals surface area contributed by atoms with E-state index in [1.165, 1.54) is 25.7 Å². The molecule has 6 N–H and O–H groups in total. The summed E-state index contributed by atoms with van der Waals surface area (Å²) in [7, 11) is -4.38. The molecule has 2 atom stereocenters. The molecule has 0 heterocycles. The van der Waals surface area contributed by atoms with Gasteiger partial charge >= 0.3 is 13.8 Å². The number of hydrogen-bond donors (Lipinski definition) is 4. The third-order valence-electron chi connectivity index (χ3n) is 4.70. The van der Waals surface area contributed by atoms with Crippen molar-refractivity contribution in [2.75, 3.05) is 19.8 Å². The number of carbonyl (C=O) groups excluding carboxylic acids is 1. The van der Waals surface area contributed by atoms with E-state index in [-0.39, 0.29) is 19.1 Å². The van der Waals surface area contributed by atoms with Crippen molar-refractivity contribution >= 4 is 19.7 Å². The number of carboxylic acid groups (broad SMARTS) is 1. The summed E-state index contributed by atoms with van der Waals surface area (Å²) in [6.07, 6.45) is 26.8. The molecular formula is C25H44N2O7P+. The van der Waals surface area contributed by atoms with Crippen LogP contribution >= 0.6 is 7.82 Å². The zero-order chi connectivity index (χ0) is 26.2. The maximum atomic E-state index is 11.8. The first kappa shape index (κ1) is 33.0. The van der Waals surface area contributed by atoms with Crippen molar-refractivity contribution in [2.45, 2.75) is 77.2 Å². The molecule has 0 aliphatic carbocycles. The van der Waals surface area contributed by atoms with Crippen LogP contribution in [0.4, 0.5) is 0 Å². The minimum absolute atomic E-state index is 0.0454. The molecule has 35 heavy (non-hydrogen) atoms. The van der Waals surface area contributed by atoms with Crippen LogP contribution in [-0.4, -0.2) is 47.7 Å². The van der Waals surface area contributed by atoms with Gasteiger partial charge in [-0.25, -0.2) is 9.36 Å². The molecule has 0 aromatic rings. The topological polar surface area (TPSA) is 150 Å². The standard InChI is InChI=1S/C25H43N2O7P/c1-2-3-4-5-6-7-8-9-10-11-12-13-14-15-16-17-18-19-24(28)27-20-21-33-35(31,32)34-22-23(26)25(29)30/h6-7,9-10,12-13,15-16,23H,2-5,8,11,14,17-22,26H2,1H3,(H,27,28)(H,29,30)(H,31,32)/p+1/b7-6-,10-9-,13-12-,16-15-. The van der Waals surface area contributed by atoms with Crippen molar-refractivity contribution < 1.29 is 38.9 Å². The summed E-state index contributed by atoms with van der Waals surface area (Å²) < 4.78 is 20.8. The van der Waals surface area contributed by atoms with E-state index >= 15 is 0 Å². The van der Waals surface area contributed by atoms with Gasteiger partial charge < -0.3 is 21.1 Å². The van der Waals surface area contributed by atoms with Crippen LogP contribution in [0.15, 0.2) is 48.6 Å². The van der Waals surface area contributed by atoms with Crippen LogP contribution in [0.25, 0.3) is 0 Å². The summed E-state index contributed by atoms with van der Waals surface area (Å²) in [4.78, 5) is 31.8. The minimum atomic E-state index is -4.38. The number of phosphoric ester groups is 1. The van der Waals surface area contributed by atoms with Gasteiger partial charge in [0.2, 0.25) is 11.9 Å². The smallest absolute Gasteiger partial charge is 0.472 e. The van der Waals surface area contributed by atoms with Crippen molar-refractivity contribution in [3.63, 3.8) is 0 Å². The van der Waals surface area contributed by atoms with E-state index < -0.39 is 26.4 Å². The van der Waals surface area contributed by atoms with Gasteiger partial charge in [-0.2, -0.15) is 0 Å². The van der Waals surface area contributed by atoms with E-state index in [9.17, 15) is 19.0 Å². The van der Waals surface area contributed by atoms with E-state index in [1.807, 2.05) is 6.08 Å². The molecule has 0 aliphatic heterocycles. The van der Waals surface area contributed by atoms with Crippen LogP contribution in [-0.2, 0) is 23.2 Å². The Morgan fingerprint density at radius 2 is 1.46 bits per heavy atom. The Labute approximate surface area is 209 Å². The van der Waals surface area contributed by atoms with E-state index in [4.69, 9.17) is 5.11 Å². The van der Waals surface area contributed by atoms with Crippen LogP contribution < -0.4 is 11.1 Å². The molecule has 200 valence electrons. The number of carboxylic acids is 1. The van der Waals surface area contributed by atoms with Gasteiger partial charge in [0.25, 0.3) is 0 Å². The minimum Gasteiger partial charge on any atom is -0.477 e.